The first-order valence-corrected chi connectivity index (χ1v) is 7.69. The minimum atomic E-state index is 0.438. The van der Waals surface area contributed by atoms with Crippen molar-refractivity contribution in [1.82, 2.24) is 25.1 Å². The van der Waals surface area contributed by atoms with Crippen LogP contribution in [0.3, 0.4) is 0 Å². The molecule has 2 aliphatic rings. The van der Waals surface area contributed by atoms with Gasteiger partial charge in [-0.2, -0.15) is 9.61 Å². The molecular weight excluding hydrogens is 246 g/mol. The molecule has 1 aliphatic carbocycles. The molecule has 1 aliphatic heterocycles. The highest BCUT2D eigenvalue weighted by Crippen LogP contribution is 2.34. The summed E-state index contributed by atoms with van der Waals surface area (Å²) >= 11 is 1.69. The van der Waals surface area contributed by atoms with Gasteiger partial charge in [0.25, 0.3) is 0 Å². The van der Waals surface area contributed by atoms with Gasteiger partial charge in [-0.15, -0.1) is 10.2 Å². The van der Waals surface area contributed by atoms with Crippen molar-refractivity contribution in [2.45, 2.75) is 50.5 Å². The van der Waals surface area contributed by atoms with Crippen molar-refractivity contribution in [3.05, 3.63) is 10.8 Å². The molecule has 18 heavy (non-hydrogen) atoms. The van der Waals surface area contributed by atoms with Gasteiger partial charge in [-0.05, 0) is 32.2 Å². The Morgan fingerprint density at radius 1 is 1.11 bits per heavy atom. The van der Waals surface area contributed by atoms with Gasteiger partial charge in [-0.3, -0.25) is 0 Å². The largest absolute Gasteiger partial charge is 0.308 e. The Bertz CT molecular complexity index is 548. The number of hydrogen-bond acceptors (Lipinski definition) is 5. The number of hydrogen-bond donors (Lipinski definition) is 1. The van der Waals surface area contributed by atoms with Crippen LogP contribution in [0.4, 0.5) is 0 Å². The summed E-state index contributed by atoms with van der Waals surface area (Å²) in [6.45, 7) is 1.11. The van der Waals surface area contributed by atoms with Gasteiger partial charge in [0.1, 0.15) is 5.01 Å². The molecule has 1 unspecified atom stereocenters. The minimum absolute atomic E-state index is 0.438. The summed E-state index contributed by atoms with van der Waals surface area (Å²) in [6, 6.07) is 0.438. The summed E-state index contributed by atoms with van der Waals surface area (Å²) in [5.74, 6) is 1.66. The summed E-state index contributed by atoms with van der Waals surface area (Å²) in [5, 5.41) is 18.1. The Balaban J connectivity index is 1.71. The highest BCUT2D eigenvalue weighted by Gasteiger charge is 2.26. The normalized spacial score (nSPS) is 25.4. The second-order valence-corrected chi connectivity index (χ2v) is 6.31. The first-order chi connectivity index (χ1) is 8.92. The maximum absolute atomic E-state index is 4.75. The zero-order chi connectivity index (χ0) is 11.9. The minimum Gasteiger partial charge on any atom is -0.308 e. The Kier molecular flexibility index (Phi) is 2.58. The van der Waals surface area contributed by atoms with Gasteiger partial charge in [-0.25, -0.2) is 0 Å². The van der Waals surface area contributed by atoms with Crippen LogP contribution < -0.4 is 5.32 Å². The number of rotatable bonds is 2. The molecule has 0 radical (unpaired) electrons. The molecule has 6 heteroatoms. The Labute approximate surface area is 110 Å². The number of aromatic nitrogens is 4. The third kappa shape index (κ3) is 1.66. The van der Waals surface area contributed by atoms with E-state index in [1.54, 1.807) is 11.3 Å². The quantitative estimate of drug-likeness (QED) is 0.903. The van der Waals surface area contributed by atoms with Crippen molar-refractivity contribution < 1.29 is 0 Å². The number of nitrogens with one attached hydrogen (secondary N) is 1. The van der Waals surface area contributed by atoms with Gasteiger partial charge in [0, 0.05) is 5.92 Å². The van der Waals surface area contributed by atoms with Crippen molar-refractivity contribution >= 4 is 16.3 Å². The first kappa shape index (κ1) is 10.9. The molecule has 3 heterocycles. The second-order valence-electron chi connectivity index (χ2n) is 5.32. The van der Waals surface area contributed by atoms with E-state index in [9.17, 15) is 0 Å². The molecule has 1 atom stereocenters. The third-order valence-electron chi connectivity index (χ3n) is 4.11. The molecule has 1 saturated carbocycles. The predicted octanol–water partition coefficient (Wildman–Crippen LogP) is 2.27. The fourth-order valence-corrected chi connectivity index (χ4v) is 4.08. The van der Waals surface area contributed by atoms with Crippen LogP contribution in [0.1, 0.15) is 61.3 Å². The summed E-state index contributed by atoms with van der Waals surface area (Å²) in [5.41, 5.74) is 0. The smallest absolute Gasteiger partial charge is 0.234 e. The van der Waals surface area contributed by atoms with E-state index in [0.29, 0.717) is 12.0 Å². The highest BCUT2D eigenvalue weighted by atomic mass is 32.1. The molecule has 5 nitrogen and oxygen atoms in total. The van der Waals surface area contributed by atoms with Crippen LogP contribution in [0.5, 0.6) is 0 Å². The van der Waals surface area contributed by atoms with E-state index in [-0.39, 0.29) is 0 Å². The molecule has 1 N–H and O–H groups in total. The Hall–Kier alpha value is -1.01. The summed E-state index contributed by atoms with van der Waals surface area (Å²) in [7, 11) is 0. The maximum Gasteiger partial charge on any atom is 0.234 e. The fourth-order valence-electron chi connectivity index (χ4n) is 3.12. The molecule has 1 saturated heterocycles. The van der Waals surface area contributed by atoms with Gasteiger partial charge >= 0.3 is 0 Å². The van der Waals surface area contributed by atoms with Crippen LogP contribution in [0, 0.1) is 0 Å². The standard InChI is InChI=1S/C12H17N5S/c1-2-5-8(4-1)10-14-15-12-17(10)16-11(18-12)9-6-3-7-13-9/h8-9,13H,1-7H2. The van der Waals surface area contributed by atoms with Crippen LogP contribution in [0.15, 0.2) is 0 Å². The van der Waals surface area contributed by atoms with E-state index < -0.39 is 0 Å². The monoisotopic (exact) mass is 263 g/mol. The molecule has 0 spiro atoms. The van der Waals surface area contributed by atoms with Gasteiger partial charge < -0.3 is 5.32 Å². The van der Waals surface area contributed by atoms with Crippen LogP contribution in [0.2, 0.25) is 0 Å². The highest BCUT2D eigenvalue weighted by molar-refractivity contribution is 7.16. The summed E-state index contributed by atoms with van der Waals surface area (Å²) in [4.78, 5) is 0.959. The average molecular weight is 263 g/mol. The molecule has 2 fully saturated rings. The van der Waals surface area contributed by atoms with Crippen LogP contribution in [-0.4, -0.2) is 26.4 Å². The van der Waals surface area contributed by atoms with Gasteiger partial charge in [0.2, 0.25) is 4.96 Å². The second kappa shape index (κ2) is 4.28. The zero-order valence-electron chi connectivity index (χ0n) is 10.3. The van der Waals surface area contributed by atoms with Gasteiger partial charge in [0.15, 0.2) is 5.82 Å². The fraction of sp³-hybridized carbons (Fsp3) is 0.750. The third-order valence-corrected chi connectivity index (χ3v) is 5.12. The Morgan fingerprint density at radius 3 is 2.78 bits per heavy atom. The van der Waals surface area contributed by atoms with Gasteiger partial charge in [-0.1, -0.05) is 24.2 Å². The number of nitrogens with zero attached hydrogens (tertiary/aromatic N) is 4. The molecule has 96 valence electrons. The van der Waals surface area contributed by atoms with Crippen molar-refractivity contribution in [1.29, 1.82) is 0 Å². The van der Waals surface area contributed by atoms with E-state index in [1.165, 1.54) is 43.5 Å². The average Bonchev–Trinajstić information content (AvgIpc) is 3.13. The summed E-state index contributed by atoms with van der Waals surface area (Å²) in [6.07, 6.45) is 7.58. The molecule has 2 aromatic rings. The molecule has 2 aromatic heterocycles. The Morgan fingerprint density at radius 2 is 2.00 bits per heavy atom. The molecule has 0 aromatic carbocycles. The van der Waals surface area contributed by atoms with Crippen LogP contribution >= 0.6 is 11.3 Å². The topological polar surface area (TPSA) is 55.1 Å². The van der Waals surface area contributed by atoms with Crippen LogP contribution in [0.25, 0.3) is 4.96 Å². The summed E-state index contributed by atoms with van der Waals surface area (Å²) < 4.78 is 2.00. The lowest BCUT2D eigenvalue weighted by atomic mass is 10.1. The van der Waals surface area contributed by atoms with E-state index in [0.717, 1.165) is 17.3 Å². The zero-order valence-corrected chi connectivity index (χ0v) is 11.1. The van der Waals surface area contributed by atoms with E-state index in [2.05, 4.69) is 15.5 Å². The lowest BCUT2D eigenvalue weighted by Gasteiger charge is -2.05. The van der Waals surface area contributed by atoms with E-state index >= 15 is 0 Å². The lowest BCUT2D eigenvalue weighted by Crippen LogP contribution is -2.13. The van der Waals surface area contributed by atoms with Crippen molar-refractivity contribution in [2.75, 3.05) is 6.54 Å². The number of fused-ring (bicyclic) bond motifs is 1. The lowest BCUT2D eigenvalue weighted by molar-refractivity contribution is 0.606. The van der Waals surface area contributed by atoms with E-state index in [1.807, 2.05) is 4.52 Å². The van der Waals surface area contributed by atoms with Gasteiger partial charge in [0.05, 0.1) is 6.04 Å². The predicted molar refractivity (Wildman–Crippen MR) is 69.8 cm³/mol. The maximum atomic E-state index is 4.75. The molecule has 0 amide bonds. The van der Waals surface area contributed by atoms with Crippen molar-refractivity contribution in [3.63, 3.8) is 0 Å². The first-order valence-electron chi connectivity index (χ1n) is 6.87. The molecule has 0 bridgehead atoms. The molecular formula is C12H17N5S. The SMILES string of the molecule is C1CCC(c2nnc3sc(C4CCCN4)nn23)C1. The van der Waals surface area contributed by atoms with Crippen LogP contribution in [-0.2, 0) is 0 Å². The van der Waals surface area contributed by atoms with Crippen molar-refractivity contribution in [2.24, 2.45) is 0 Å². The van der Waals surface area contributed by atoms with Crippen molar-refractivity contribution in [3.8, 4) is 0 Å². The molecule has 4 rings (SSSR count). The van der Waals surface area contributed by atoms with E-state index in [4.69, 9.17) is 5.10 Å².